The zero-order valence-electron chi connectivity index (χ0n) is 66.6. The number of fused-ring (bicyclic) bond motifs is 11. The molecule has 3 heterocycles. The average Bonchev–Trinajstić information content (AvgIpc) is 1.52. The van der Waals surface area contributed by atoms with Crippen molar-refractivity contribution >= 4 is 151 Å². The van der Waals surface area contributed by atoms with E-state index in [1.54, 1.807) is 0 Å². The van der Waals surface area contributed by atoms with Crippen LogP contribution < -0.4 is 24.5 Å². The van der Waals surface area contributed by atoms with E-state index in [0.29, 0.717) is 0 Å². The molecule has 0 aliphatic rings. The number of hydrogen-bond donors (Lipinski definition) is 0. The van der Waals surface area contributed by atoms with Crippen molar-refractivity contribution in [3.63, 3.8) is 0 Å². The van der Waals surface area contributed by atoms with Crippen molar-refractivity contribution in [2.45, 2.75) is 0 Å². The molecule has 0 aliphatic carbocycles. The monoisotopic (exact) mass is 1560 g/mol. The lowest BCUT2D eigenvalue weighted by atomic mass is 10.00. The minimum atomic E-state index is 0.770. The Balaban J connectivity index is 0.824. The van der Waals surface area contributed by atoms with Gasteiger partial charge in [-0.15, -0.1) is 0 Å². The Morgan fingerprint density at radius 3 is 0.738 bits per heavy atom. The van der Waals surface area contributed by atoms with E-state index in [1.165, 1.54) is 0 Å². The molecule has 0 saturated heterocycles. The van der Waals surface area contributed by atoms with Crippen LogP contribution in [0.4, 0.5) is 85.3 Å². The van der Waals surface area contributed by atoms with Gasteiger partial charge in [-0.25, -0.2) is 0 Å². The molecule has 0 N–H and O–H groups in total. The Labute approximate surface area is 708 Å². The number of benzene rings is 19. The normalized spacial score (nSPS) is 11.4. The molecule has 0 spiro atoms. The number of aromatic nitrogens is 2. The molecule has 0 fully saturated rings. The Bertz CT molecular complexity index is 7280. The summed E-state index contributed by atoms with van der Waals surface area (Å²) in [6, 6.07) is 173. The van der Waals surface area contributed by atoms with Crippen molar-refractivity contribution in [1.29, 1.82) is 0 Å². The van der Waals surface area contributed by atoms with Crippen molar-refractivity contribution in [1.82, 2.24) is 9.13 Å². The standard InChI is InChI=1S/C114H79N7O/c1-12-34-80(35-13-1)85-64-75-105-104(76-85)110-112(120(105)98-69-60-83(61-70-98)81-56-65-96(66-57-81)115(86-36-14-2-15-37-86)87-38-16-3-17-39-87)108(119(94-52-30-10-31-53-94)95-54-32-11-33-55-95)79-103-102-78-107(118(92-48-26-8-27-49-92)93-50-28-9-29-51-93)111-109(113(102)122-114(103)110)101-74-73-100(117(90-44-22-6-23-45-90)91-46-24-7-25-47-91)77-106(101)121(111)99-71-62-84(63-72-99)82-58-67-97(68-59-82)116(88-40-18-4-19-41-88)89-42-20-5-21-43-89/h1-79H. The molecular weight excluding hydrogens is 1480 g/mol. The zero-order chi connectivity index (χ0) is 80.8. The average molecular weight is 1560 g/mol. The van der Waals surface area contributed by atoms with E-state index < -0.39 is 0 Å². The fraction of sp³-hybridized carbons (Fsp3) is 0. The third-order valence-electron chi connectivity index (χ3n) is 23.6. The summed E-state index contributed by atoms with van der Waals surface area (Å²) in [4.78, 5) is 11.9. The van der Waals surface area contributed by atoms with Crippen LogP contribution in [0.15, 0.2) is 484 Å². The molecule has 0 atom stereocenters. The molecule has 8 heteroatoms. The molecule has 0 aliphatic heterocycles. The summed E-state index contributed by atoms with van der Waals surface area (Å²) < 4.78 is 13.3. The molecule has 22 aromatic rings. The second-order valence-corrected chi connectivity index (χ2v) is 30.8. The van der Waals surface area contributed by atoms with Gasteiger partial charge in [0, 0.05) is 107 Å². The van der Waals surface area contributed by atoms with Crippen LogP contribution in [0.2, 0.25) is 0 Å². The van der Waals surface area contributed by atoms with Gasteiger partial charge in [-0.3, -0.25) is 0 Å². The summed E-state index contributed by atoms with van der Waals surface area (Å²) in [7, 11) is 0. The number of anilines is 15. The first-order chi connectivity index (χ1) is 60.6. The molecule has 122 heavy (non-hydrogen) atoms. The lowest BCUT2D eigenvalue weighted by molar-refractivity contribution is 0.677. The van der Waals surface area contributed by atoms with E-state index in [4.69, 9.17) is 4.42 Å². The van der Waals surface area contributed by atoms with E-state index in [0.717, 1.165) is 196 Å². The van der Waals surface area contributed by atoms with Gasteiger partial charge >= 0.3 is 0 Å². The van der Waals surface area contributed by atoms with Gasteiger partial charge in [-0.05, 0) is 246 Å². The second-order valence-electron chi connectivity index (χ2n) is 30.8. The van der Waals surface area contributed by atoms with E-state index in [1.807, 2.05) is 0 Å². The lowest BCUT2D eigenvalue weighted by Gasteiger charge is -2.28. The Morgan fingerprint density at radius 1 is 0.164 bits per heavy atom. The summed E-state index contributed by atoms with van der Waals surface area (Å²) in [6.07, 6.45) is 0. The predicted molar refractivity (Wildman–Crippen MR) is 512 cm³/mol. The van der Waals surface area contributed by atoms with Crippen LogP contribution >= 0.6 is 0 Å². The number of nitrogens with zero attached hydrogens (tertiary/aromatic N) is 7. The molecule has 0 amide bonds. The van der Waals surface area contributed by atoms with Crippen LogP contribution in [0.5, 0.6) is 0 Å². The Hall–Kier alpha value is -16.4. The van der Waals surface area contributed by atoms with E-state index in [9.17, 15) is 0 Å². The SMILES string of the molecule is c1ccc(-c2ccc3c(c2)c2c4oc5c(cc(N(c6ccccc6)c6ccccc6)c6c5c5ccc(N(c7ccccc7)c7ccccc7)cc5n6-c5ccc(-c6ccc(N(c7ccccc7)c7ccccc7)cc6)cc5)c4cc(N(c4ccccc4)c4ccccc4)c2n3-c2ccc(-c3ccc(N(c4ccccc4)c4ccccc4)cc3)cc2)cc1. The number of furan rings is 1. The molecule has 22 rings (SSSR count). The Morgan fingerprint density at radius 2 is 0.410 bits per heavy atom. The van der Waals surface area contributed by atoms with E-state index in [-0.39, 0.29) is 0 Å². The maximum Gasteiger partial charge on any atom is 0.145 e. The summed E-state index contributed by atoms with van der Waals surface area (Å²) in [5, 5.41) is 5.97. The van der Waals surface area contributed by atoms with Gasteiger partial charge in [-0.1, -0.05) is 267 Å². The first kappa shape index (κ1) is 72.1. The van der Waals surface area contributed by atoms with Gasteiger partial charge in [-0.2, -0.15) is 0 Å². The van der Waals surface area contributed by atoms with Crippen LogP contribution in [-0.4, -0.2) is 9.13 Å². The molecule has 0 radical (unpaired) electrons. The molecule has 8 nitrogen and oxygen atoms in total. The summed E-state index contributed by atoms with van der Waals surface area (Å²) in [5.74, 6) is 0. The van der Waals surface area contributed by atoms with Gasteiger partial charge in [0.2, 0.25) is 0 Å². The van der Waals surface area contributed by atoms with Crippen molar-refractivity contribution in [2.24, 2.45) is 0 Å². The third-order valence-corrected chi connectivity index (χ3v) is 23.6. The summed E-state index contributed by atoms with van der Waals surface area (Å²) >= 11 is 0. The molecular formula is C114H79N7O. The topological polar surface area (TPSA) is 39.2 Å². The first-order valence-corrected chi connectivity index (χ1v) is 41.5. The first-order valence-electron chi connectivity index (χ1n) is 41.5. The van der Waals surface area contributed by atoms with Gasteiger partial charge in [0.1, 0.15) is 11.2 Å². The van der Waals surface area contributed by atoms with Crippen molar-refractivity contribution in [3.05, 3.63) is 479 Å². The van der Waals surface area contributed by atoms with Crippen molar-refractivity contribution in [2.75, 3.05) is 24.5 Å². The fourth-order valence-electron chi connectivity index (χ4n) is 18.0. The quantitative estimate of drug-likeness (QED) is 0.0757. The van der Waals surface area contributed by atoms with Gasteiger partial charge in [0.15, 0.2) is 0 Å². The third kappa shape index (κ3) is 13.0. The smallest absolute Gasteiger partial charge is 0.145 e. The fourth-order valence-corrected chi connectivity index (χ4v) is 18.0. The molecule has 0 bridgehead atoms. The molecule has 19 aromatic carbocycles. The van der Waals surface area contributed by atoms with Crippen LogP contribution in [-0.2, 0) is 0 Å². The lowest BCUT2D eigenvalue weighted by Crippen LogP contribution is -2.12. The van der Waals surface area contributed by atoms with Crippen LogP contribution in [0.25, 0.3) is 110 Å². The highest BCUT2D eigenvalue weighted by Crippen LogP contribution is 2.55. The highest BCUT2D eigenvalue weighted by Gasteiger charge is 2.32. The minimum Gasteiger partial charge on any atom is -0.455 e. The molecule has 0 saturated carbocycles. The summed E-state index contributed by atoms with van der Waals surface area (Å²) in [6.45, 7) is 0. The highest BCUT2D eigenvalue weighted by atomic mass is 16.3. The number of para-hydroxylation sites is 10. The maximum absolute atomic E-state index is 8.29. The largest absolute Gasteiger partial charge is 0.455 e. The Kier molecular flexibility index (Phi) is 18.4. The predicted octanol–water partition coefficient (Wildman–Crippen LogP) is 32.1. The van der Waals surface area contributed by atoms with Crippen LogP contribution in [0.1, 0.15) is 0 Å². The van der Waals surface area contributed by atoms with Crippen molar-refractivity contribution < 1.29 is 4.42 Å². The summed E-state index contributed by atoms with van der Waals surface area (Å²) in [5.41, 5.74) is 29.7. The van der Waals surface area contributed by atoms with Gasteiger partial charge in [0.05, 0.1) is 44.2 Å². The van der Waals surface area contributed by atoms with Gasteiger partial charge in [0.25, 0.3) is 0 Å². The van der Waals surface area contributed by atoms with E-state index in [2.05, 4.69) is 513 Å². The van der Waals surface area contributed by atoms with Crippen molar-refractivity contribution in [3.8, 4) is 44.8 Å². The minimum absolute atomic E-state index is 0.770. The second kappa shape index (κ2) is 31.2. The number of hydrogen-bond acceptors (Lipinski definition) is 6. The van der Waals surface area contributed by atoms with Crippen LogP contribution in [0.3, 0.4) is 0 Å². The zero-order valence-corrected chi connectivity index (χ0v) is 66.6. The highest BCUT2D eigenvalue weighted by molar-refractivity contribution is 6.33. The molecule has 0 unspecified atom stereocenters. The van der Waals surface area contributed by atoms with E-state index >= 15 is 0 Å². The van der Waals surface area contributed by atoms with Gasteiger partial charge < -0.3 is 38.1 Å². The number of rotatable bonds is 20. The molecule has 3 aromatic heterocycles. The maximum atomic E-state index is 8.29. The van der Waals surface area contributed by atoms with Crippen LogP contribution in [0, 0.1) is 0 Å². The molecule has 576 valence electrons.